The fourth-order valence-corrected chi connectivity index (χ4v) is 2.91. The maximum Gasteiger partial charge on any atom is 0.311 e. The smallest absolute Gasteiger partial charge is 0.311 e. The van der Waals surface area contributed by atoms with Crippen LogP contribution in [-0.4, -0.2) is 40.0 Å². The third-order valence-electron chi connectivity index (χ3n) is 4.18. The molecule has 1 aromatic carbocycles. The molecule has 0 aliphatic heterocycles. The molecule has 0 bridgehead atoms. The second kappa shape index (κ2) is 9.05. The van der Waals surface area contributed by atoms with Crippen molar-refractivity contribution in [2.75, 3.05) is 19.8 Å². The molecule has 2 heterocycles. The number of nitrogens with one attached hydrogen (secondary N) is 1. The summed E-state index contributed by atoms with van der Waals surface area (Å²) in [6.07, 6.45) is 4.27. The highest BCUT2D eigenvalue weighted by molar-refractivity contribution is 5.95. The molecule has 0 spiro atoms. The molecule has 29 heavy (non-hydrogen) atoms. The van der Waals surface area contributed by atoms with Crippen LogP contribution in [-0.2, 0) is 6.42 Å². The average molecular weight is 398 g/mol. The molecule has 3 aromatic rings. The molecule has 1 N–H and O–H groups in total. The summed E-state index contributed by atoms with van der Waals surface area (Å²) in [4.78, 5) is 27.6. The Labute approximate surface area is 167 Å². The predicted octanol–water partition coefficient (Wildman–Crippen LogP) is 3.01. The van der Waals surface area contributed by atoms with Crippen molar-refractivity contribution >= 4 is 17.2 Å². The van der Waals surface area contributed by atoms with Crippen LogP contribution in [0.3, 0.4) is 0 Å². The van der Waals surface area contributed by atoms with E-state index in [1.165, 1.54) is 18.2 Å². The molecule has 2 aromatic heterocycles. The third-order valence-corrected chi connectivity index (χ3v) is 4.18. The van der Waals surface area contributed by atoms with E-state index in [-0.39, 0.29) is 17.0 Å². The van der Waals surface area contributed by atoms with Crippen LogP contribution >= 0.6 is 0 Å². The van der Waals surface area contributed by atoms with Crippen molar-refractivity contribution in [3.05, 3.63) is 64.1 Å². The zero-order valence-electron chi connectivity index (χ0n) is 16.3. The van der Waals surface area contributed by atoms with Gasteiger partial charge in [0.25, 0.3) is 5.91 Å². The topological polar surface area (TPSA) is 108 Å². The van der Waals surface area contributed by atoms with Crippen molar-refractivity contribution in [1.82, 2.24) is 14.7 Å². The Morgan fingerprint density at radius 3 is 2.69 bits per heavy atom. The first kappa shape index (κ1) is 20.1. The van der Waals surface area contributed by atoms with E-state index in [1.54, 1.807) is 6.92 Å². The molecule has 0 aliphatic rings. The van der Waals surface area contributed by atoms with Gasteiger partial charge in [-0.2, -0.15) is 0 Å². The summed E-state index contributed by atoms with van der Waals surface area (Å²) in [6.45, 7) is 4.84. The number of nitrogens with zero attached hydrogens (tertiary/aromatic N) is 3. The van der Waals surface area contributed by atoms with E-state index in [0.29, 0.717) is 31.9 Å². The van der Waals surface area contributed by atoms with E-state index < -0.39 is 10.8 Å². The molecular weight excluding hydrogens is 376 g/mol. The van der Waals surface area contributed by atoms with Gasteiger partial charge in [0.1, 0.15) is 0 Å². The zero-order valence-corrected chi connectivity index (χ0v) is 16.3. The van der Waals surface area contributed by atoms with E-state index >= 15 is 0 Å². The lowest BCUT2D eigenvalue weighted by molar-refractivity contribution is -0.385. The van der Waals surface area contributed by atoms with Crippen LogP contribution in [0.5, 0.6) is 11.5 Å². The van der Waals surface area contributed by atoms with Crippen molar-refractivity contribution in [3.63, 3.8) is 0 Å². The minimum absolute atomic E-state index is 0.142. The number of carbonyl (C=O) groups excluding carboxylic acids is 1. The lowest BCUT2D eigenvalue weighted by Crippen LogP contribution is -2.25. The molecule has 1 amide bonds. The van der Waals surface area contributed by atoms with Crippen LogP contribution in [0.2, 0.25) is 0 Å². The van der Waals surface area contributed by atoms with Crippen LogP contribution in [0, 0.1) is 10.1 Å². The van der Waals surface area contributed by atoms with E-state index in [9.17, 15) is 14.9 Å². The number of carbonyl (C=O) groups is 1. The molecule has 0 atom stereocenters. The molecule has 0 saturated carbocycles. The van der Waals surface area contributed by atoms with E-state index in [0.717, 1.165) is 11.3 Å². The first-order valence-electron chi connectivity index (χ1n) is 9.32. The Bertz CT molecular complexity index is 1030. The number of fused-ring (bicyclic) bond motifs is 1. The Morgan fingerprint density at radius 1 is 1.21 bits per heavy atom. The summed E-state index contributed by atoms with van der Waals surface area (Å²) in [7, 11) is 0. The monoisotopic (exact) mass is 398 g/mol. The van der Waals surface area contributed by atoms with Gasteiger partial charge in [0.2, 0.25) is 0 Å². The third kappa shape index (κ3) is 4.63. The number of imidazole rings is 1. The fourth-order valence-electron chi connectivity index (χ4n) is 2.91. The van der Waals surface area contributed by atoms with Gasteiger partial charge < -0.3 is 19.2 Å². The van der Waals surface area contributed by atoms with Gasteiger partial charge in [0.15, 0.2) is 17.1 Å². The molecule has 9 nitrogen and oxygen atoms in total. The summed E-state index contributed by atoms with van der Waals surface area (Å²) >= 11 is 0. The number of ether oxygens (including phenoxy) is 2. The van der Waals surface area contributed by atoms with Gasteiger partial charge in [0.05, 0.1) is 23.8 Å². The van der Waals surface area contributed by atoms with Crippen molar-refractivity contribution in [3.8, 4) is 11.5 Å². The highest BCUT2D eigenvalue weighted by atomic mass is 16.6. The van der Waals surface area contributed by atoms with Crippen LogP contribution in [0.25, 0.3) is 5.65 Å². The summed E-state index contributed by atoms with van der Waals surface area (Å²) in [6, 6.07) is 7.90. The van der Waals surface area contributed by atoms with Crippen molar-refractivity contribution in [2.45, 2.75) is 20.3 Å². The number of benzene rings is 1. The minimum atomic E-state index is -0.561. The Kier molecular flexibility index (Phi) is 6.28. The second-order valence-electron chi connectivity index (χ2n) is 6.15. The highest BCUT2D eigenvalue weighted by Crippen LogP contribution is 2.28. The largest absolute Gasteiger partial charge is 0.490 e. The Balaban J connectivity index is 1.65. The Morgan fingerprint density at radius 2 is 1.97 bits per heavy atom. The van der Waals surface area contributed by atoms with Gasteiger partial charge in [0, 0.05) is 37.0 Å². The van der Waals surface area contributed by atoms with Gasteiger partial charge in [-0.25, -0.2) is 4.98 Å². The van der Waals surface area contributed by atoms with E-state index in [4.69, 9.17) is 9.47 Å². The van der Waals surface area contributed by atoms with E-state index in [1.807, 2.05) is 35.9 Å². The Hall–Kier alpha value is -3.62. The van der Waals surface area contributed by atoms with Crippen LogP contribution in [0.4, 0.5) is 5.69 Å². The molecule has 0 unspecified atom stereocenters. The SMILES string of the molecule is CCOc1ccc(C(=O)NCCc2cn3cccc(OCC)c3n2)cc1[N+](=O)[O-]. The lowest BCUT2D eigenvalue weighted by Gasteiger charge is -2.07. The number of nitro benzene ring substituents is 1. The maximum absolute atomic E-state index is 12.4. The normalized spacial score (nSPS) is 10.7. The minimum Gasteiger partial charge on any atom is -0.490 e. The molecule has 3 rings (SSSR count). The average Bonchev–Trinajstić information content (AvgIpc) is 3.12. The van der Waals surface area contributed by atoms with Gasteiger partial charge in [-0.3, -0.25) is 14.9 Å². The standard InChI is InChI=1S/C20H22N4O5/c1-3-28-17-8-7-14(12-16(17)24(26)27)20(25)21-10-9-15-13-23-11-5-6-18(29-4-2)19(23)22-15/h5-8,11-13H,3-4,9-10H2,1-2H3,(H,21,25). The molecule has 152 valence electrons. The van der Waals surface area contributed by atoms with Crippen LogP contribution in [0.15, 0.2) is 42.7 Å². The molecule has 0 fully saturated rings. The summed E-state index contributed by atoms with van der Waals surface area (Å²) in [5, 5.41) is 14.0. The molecule has 9 heteroatoms. The van der Waals surface area contributed by atoms with Crippen molar-refractivity contribution in [1.29, 1.82) is 0 Å². The summed E-state index contributed by atoms with van der Waals surface area (Å²) in [5.74, 6) is 0.450. The zero-order chi connectivity index (χ0) is 20.8. The number of aromatic nitrogens is 2. The summed E-state index contributed by atoms with van der Waals surface area (Å²) in [5.41, 5.74) is 1.49. The first-order chi connectivity index (χ1) is 14.0. The number of pyridine rings is 1. The molecule has 0 radical (unpaired) electrons. The first-order valence-corrected chi connectivity index (χ1v) is 9.32. The molecular formula is C20H22N4O5. The number of hydrogen-bond donors (Lipinski definition) is 1. The van der Waals surface area contributed by atoms with Gasteiger partial charge in [-0.05, 0) is 38.1 Å². The summed E-state index contributed by atoms with van der Waals surface area (Å²) < 4.78 is 12.7. The van der Waals surface area contributed by atoms with Crippen LogP contribution in [0.1, 0.15) is 29.9 Å². The highest BCUT2D eigenvalue weighted by Gasteiger charge is 2.18. The van der Waals surface area contributed by atoms with Gasteiger partial charge in [-0.15, -0.1) is 0 Å². The van der Waals surface area contributed by atoms with Gasteiger partial charge in [-0.1, -0.05) is 0 Å². The number of amides is 1. The van der Waals surface area contributed by atoms with Crippen molar-refractivity contribution < 1.29 is 19.2 Å². The number of nitro groups is 1. The number of hydrogen-bond acceptors (Lipinski definition) is 6. The van der Waals surface area contributed by atoms with Gasteiger partial charge >= 0.3 is 5.69 Å². The molecule has 0 aliphatic carbocycles. The fraction of sp³-hybridized carbons (Fsp3) is 0.300. The number of rotatable bonds is 9. The van der Waals surface area contributed by atoms with E-state index in [2.05, 4.69) is 10.3 Å². The second-order valence-corrected chi connectivity index (χ2v) is 6.15. The quantitative estimate of drug-likeness (QED) is 0.438. The van der Waals surface area contributed by atoms with Crippen LogP contribution < -0.4 is 14.8 Å². The molecule has 0 saturated heterocycles. The van der Waals surface area contributed by atoms with Crippen molar-refractivity contribution in [2.24, 2.45) is 0 Å². The lowest BCUT2D eigenvalue weighted by atomic mass is 10.1. The maximum atomic E-state index is 12.4. The predicted molar refractivity (Wildman–Crippen MR) is 107 cm³/mol.